The molecule has 0 radical (unpaired) electrons. The highest BCUT2D eigenvalue weighted by Gasteiger charge is 2.12. The molecular formula is C15H17BrN2O. The standard InChI is InChI=1S/C15H17BrN2O/c1-11(19)14-4-3-13(16)9-15(14)18(2)10-12-5-7-17-8-6-12/h3-9,11,19H,10H2,1-2H3. The number of aliphatic hydroxyl groups excluding tert-OH is 1. The molecule has 1 aromatic heterocycles. The summed E-state index contributed by atoms with van der Waals surface area (Å²) in [6.45, 7) is 2.56. The van der Waals surface area contributed by atoms with Gasteiger partial charge in [0, 0.05) is 41.7 Å². The lowest BCUT2D eigenvalue weighted by Gasteiger charge is -2.24. The normalized spacial score (nSPS) is 12.2. The molecule has 0 bridgehead atoms. The van der Waals surface area contributed by atoms with E-state index in [-0.39, 0.29) is 0 Å². The molecule has 0 aliphatic carbocycles. The van der Waals surface area contributed by atoms with Crippen molar-refractivity contribution in [3.05, 3.63) is 58.3 Å². The maximum absolute atomic E-state index is 9.86. The van der Waals surface area contributed by atoms with Crippen molar-refractivity contribution in [1.29, 1.82) is 0 Å². The summed E-state index contributed by atoms with van der Waals surface area (Å²) in [7, 11) is 2.02. The molecule has 0 amide bonds. The number of benzene rings is 1. The molecule has 4 heteroatoms. The molecule has 0 saturated heterocycles. The second kappa shape index (κ2) is 6.17. The molecule has 1 atom stereocenters. The maximum atomic E-state index is 9.86. The third kappa shape index (κ3) is 3.55. The van der Waals surface area contributed by atoms with Gasteiger partial charge in [-0.25, -0.2) is 0 Å². The lowest BCUT2D eigenvalue weighted by Crippen LogP contribution is -2.18. The van der Waals surface area contributed by atoms with Crippen LogP contribution in [0.3, 0.4) is 0 Å². The van der Waals surface area contributed by atoms with Gasteiger partial charge < -0.3 is 10.0 Å². The van der Waals surface area contributed by atoms with Crippen molar-refractivity contribution in [1.82, 2.24) is 4.98 Å². The first-order valence-electron chi connectivity index (χ1n) is 6.15. The smallest absolute Gasteiger partial charge is 0.0782 e. The van der Waals surface area contributed by atoms with Gasteiger partial charge in [0.05, 0.1) is 6.10 Å². The summed E-state index contributed by atoms with van der Waals surface area (Å²) in [6, 6.07) is 9.93. The molecule has 1 heterocycles. The molecule has 3 nitrogen and oxygen atoms in total. The molecule has 0 spiro atoms. The zero-order valence-electron chi connectivity index (χ0n) is 11.0. The summed E-state index contributed by atoms with van der Waals surface area (Å²) in [6.07, 6.45) is 3.10. The van der Waals surface area contributed by atoms with Crippen LogP contribution in [0, 0.1) is 0 Å². The highest BCUT2D eigenvalue weighted by Crippen LogP contribution is 2.29. The Balaban J connectivity index is 2.27. The summed E-state index contributed by atoms with van der Waals surface area (Å²) in [5.74, 6) is 0. The lowest BCUT2D eigenvalue weighted by molar-refractivity contribution is 0.199. The van der Waals surface area contributed by atoms with Gasteiger partial charge in [-0.2, -0.15) is 0 Å². The van der Waals surface area contributed by atoms with Gasteiger partial charge in [0.1, 0.15) is 0 Å². The van der Waals surface area contributed by atoms with Gasteiger partial charge in [-0.3, -0.25) is 4.98 Å². The zero-order chi connectivity index (χ0) is 13.8. The maximum Gasteiger partial charge on any atom is 0.0782 e. The molecular weight excluding hydrogens is 304 g/mol. The molecule has 0 aliphatic rings. The van der Waals surface area contributed by atoms with Crippen LogP contribution in [0.5, 0.6) is 0 Å². The minimum Gasteiger partial charge on any atom is -0.389 e. The minimum atomic E-state index is -0.483. The van der Waals surface area contributed by atoms with Crippen LogP contribution in [0.1, 0.15) is 24.2 Å². The number of hydrogen-bond acceptors (Lipinski definition) is 3. The van der Waals surface area contributed by atoms with Crippen molar-refractivity contribution in [3.63, 3.8) is 0 Å². The average molecular weight is 321 g/mol. The molecule has 100 valence electrons. The average Bonchev–Trinajstić information content (AvgIpc) is 2.39. The van der Waals surface area contributed by atoms with Gasteiger partial charge in [0.25, 0.3) is 0 Å². The van der Waals surface area contributed by atoms with Crippen LogP contribution < -0.4 is 4.90 Å². The van der Waals surface area contributed by atoms with Crippen LogP contribution in [-0.2, 0) is 6.54 Å². The monoisotopic (exact) mass is 320 g/mol. The van der Waals surface area contributed by atoms with E-state index < -0.39 is 6.10 Å². The first-order valence-corrected chi connectivity index (χ1v) is 6.95. The SMILES string of the molecule is CC(O)c1ccc(Br)cc1N(C)Cc1ccncc1. The quantitative estimate of drug-likeness (QED) is 0.936. The fourth-order valence-electron chi connectivity index (χ4n) is 2.05. The number of rotatable bonds is 4. The van der Waals surface area contributed by atoms with Gasteiger partial charge in [0.2, 0.25) is 0 Å². The Bertz CT molecular complexity index is 543. The molecule has 0 fully saturated rings. The largest absolute Gasteiger partial charge is 0.389 e. The van der Waals surface area contributed by atoms with Crippen molar-refractivity contribution in [2.24, 2.45) is 0 Å². The van der Waals surface area contributed by atoms with Gasteiger partial charge in [-0.05, 0) is 36.8 Å². The second-order valence-electron chi connectivity index (χ2n) is 4.59. The number of aliphatic hydroxyl groups is 1. The first-order chi connectivity index (χ1) is 9.08. The molecule has 1 aromatic carbocycles. The zero-order valence-corrected chi connectivity index (χ0v) is 12.6. The number of pyridine rings is 1. The highest BCUT2D eigenvalue weighted by atomic mass is 79.9. The van der Waals surface area contributed by atoms with Crippen molar-refractivity contribution < 1.29 is 5.11 Å². The van der Waals surface area contributed by atoms with Crippen LogP contribution in [0.25, 0.3) is 0 Å². The van der Waals surface area contributed by atoms with Crippen LogP contribution in [0.15, 0.2) is 47.2 Å². The third-order valence-corrected chi connectivity index (χ3v) is 3.52. The van der Waals surface area contributed by atoms with E-state index in [1.807, 2.05) is 37.4 Å². The predicted octanol–water partition coefficient (Wildman–Crippen LogP) is 3.53. The number of anilines is 1. The molecule has 1 unspecified atom stereocenters. The van der Waals surface area contributed by atoms with E-state index in [0.717, 1.165) is 22.3 Å². The highest BCUT2D eigenvalue weighted by molar-refractivity contribution is 9.10. The van der Waals surface area contributed by atoms with Crippen molar-refractivity contribution in [2.75, 3.05) is 11.9 Å². The number of halogens is 1. The van der Waals surface area contributed by atoms with Gasteiger partial charge in [0.15, 0.2) is 0 Å². The molecule has 0 saturated carbocycles. The molecule has 1 N–H and O–H groups in total. The van der Waals surface area contributed by atoms with Crippen LogP contribution in [0.4, 0.5) is 5.69 Å². The number of aromatic nitrogens is 1. The summed E-state index contributed by atoms with van der Waals surface area (Å²) in [4.78, 5) is 6.15. The molecule has 2 aromatic rings. The van der Waals surface area contributed by atoms with E-state index in [4.69, 9.17) is 0 Å². The topological polar surface area (TPSA) is 36.4 Å². The minimum absolute atomic E-state index is 0.483. The van der Waals surface area contributed by atoms with E-state index in [9.17, 15) is 5.11 Å². The Morgan fingerprint density at radius 3 is 2.58 bits per heavy atom. The molecule has 0 aliphatic heterocycles. The Morgan fingerprint density at radius 1 is 1.26 bits per heavy atom. The van der Waals surface area contributed by atoms with Gasteiger partial charge in [-0.1, -0.05) is 22.0 Å². The lowest BCUT2D eigenvalue weighted by atomic mass is 10.1. The number of nitrogens with zero attached hydrogens (tertiary/aromatic N) is 2. The third-order valence-electron chi connectivity index (χ3n) is 3.02. The Labute approximate surface area is 122 Å². The van der Waals surface area contributed by atoms with Gasteiger partial charge >= 0.3 is 0 Å². The summed E-state index contributed by atoms with van der Waals surface area (Å²) in [5.41, 5.74) is 3.15. The van der Waals surface area contributed by atoms with Crippen molar-refractivity contribution in [3.8, 4) is 0 Å². The van der Waals surface area contributed by atoms with E-state index >= 15 is 0 Å². The summed E-state index contributed by atoms with van der Waals surface area (Å²) >= 11 is 3.48. The van der Waals surface area contributed by atoms with Crippen molar-refractivity contribution >= 4 is 21.6 Å². The van der Waals surface area contributed by atoms with Crippen LogP contribution in [-0.4, -0.2) is 17.1 Å². The Hall–Kier alpha value is -1.39. The fraction of sp³-hybridized carbons (Fsp3) is 0.267. The number of hydrogen-bond donors (Lipinski definition) is 1. The summed E-state index contributed by atoms with van der Waals surface area (Å²) in [5, 5.41) is 9.86. The van der Waals surface area contributed by atoms with E-state index in [1.165, 1.54) is 5.56 Å². The molecule has 19 heavy (non-hydrogen) atoms. The van der Waals surface area contributed by atoms with E-state index in [0.29, 0.717) is 0 Å². The Morgan fingerprint density at radius 2 is 1.95 bits per heavy atom. The van der Waals surface area contributed by atoms with E-state index in [1.54, 1.807) is 19.3 Å². The second-order valence-corrected chi connectivity index (χ2v) is 5.51. The van der Waals surface area contributed by atoms with Crippen LogP contribution >= 0.6 is 15.9 Å². The van der Waals surface area contributed by atoms with Crippen LogP contribution in [0.2, 0.25) is 0 Å². The predicted molar refractivity (Wildman–Crippen MR) is 81.1 cm³/mol. The first kappa shape index (κ1) is 14.0. The van der Waals surface area contributed by atoms with Gasteiger partial charge in [-0.15, -0.1) is 0 Å². The summed E-state index contributed by atoms with van der Waals surface area (Å²) < 4.78 is 1.01. The van der Waals surface area contributed by atoms with E-state index in [2.05, 4.69) is 25.8 Å². The fourth-order valence-corrected chi connectivity index (χ4v) is 2.40. The molecule has 2 rings (SSSR count). The Kier molecular flexibility index (Phi) is 4.56. The van der Waals surface area contributed by atoms with Crippen molar-refractivity contribution in [2.45, 2.75) is 19.6 Å².